The highest BCUT2D eigenvalue weighted by Gasteiger charge is 2.03. The summed E-state index contributed by atoms with van der Waals surface area (Å²) in [5, 5.41) is 3.25. The van der Waals surface area contributed by atoms with Gasteiger partial charge in [0.15, 0.2) is 0 Å². The molecule has 0 radical (unpaired) electrons. The van der Waals surface area contributed by atoms with Crippen molar-refractivity contribution in [2.45, 2.75) is 6.54 Å². The average molecular weight is 263 g/mol. The SMILES string of the molecule is c1ccc(CNc2cncc(-c3cnccn3)n2)cc1. The van der Waals surface area contributed by atoms with E-state index in [1.54, 1.807) is 31.0 Å². The molecule has 0 fully saturated rings. The number of nitrogens with one attached hydrogen (secondary N) is 1. The topological polar surface area (TPSA) is 63.6 Å². The van der Waals surface area contributed by atoms with Crippen molar-refractivity contribution in [2.75, 3.05) is 5.32 Å². The van der Waals surface area contributed by atoms with Crippen LogP contribution in [0.4, 0.5) is 5.82 Å². The van der Waals surface area contributed by atoms with Gasteiger partial charge in [-0.2, -0.15) is 0 Å². The Labute approximate surface area is 116 Å². The number of hydrogen-bond acceptors (Lipinski definition) is 5. The van der Waals surface area contributed by atoms with Gasteiger partial charge in [0.2, 0.25) is 0 Å². The highest BCUT2D eigenvalue weighted by atomic mass is 15.0. The molecule has 5 heteroatoms. The molecular weight excluding hydrogens is 250 g/mol. The maximum atomic E-state index is 4.48. The molecule has 0 aliphatic heterocycles. The van der Waals surface area contributed by atoms with Gasteiger partial charge < -0.3 is 5.32 Å². The fraction of sp³-hybridized carbons (Fsp3) is 0.0667. The third-order valence-electron chi connectivity index (χ3n) is 2.78. The third-order valence-corrected chi connectivity index (χ3v) is 2.78. The van der Waals surface area contributed by atoms with Crippen LogP contribution in [-0.2, 0) is 6.54 Å². The van der Waals surface area contributed by atoms with E-state index in [4.69, 9.17) is 0 Å². The molecule has 0 bridgehead atoms. The molecule has 3 aromatic rings. The van der Waals surface area contributed by atoms with Crippen LogP contribution in [0.25, 0.3) is 11.4 Å². The molecule has 1 N–H and O–H groups in total. The van der Waals surface area contributed by atoms with Gasteiger partial charge in [-0.1, -0.05) is 30.3 Å². The van der Waals surface area contributed by atoms with E-state index < -0.39 is 0 Å². The van der Waals surface area contributed by atoms with Crippen molar-refractivity contribution in [3.63, 3.8) is 0 Å². The number of nitrogens with zero attached hydrogens (tertiary/aromatic N) is 4. The van der Waals surface area contributed by atoms with Crippen LogP contribution in [0.5, 0.6) is 0 Å². The smallest absolute Gasteiger partial charge is 0.145 e. The molecule has 2 aromatic heterocycles. The van der Waals surface area contributed by atoms with E-state index in [2.05, 4.69) is 37.4 Å². The molecule has 0 saturated carbocycles. The van der Waals surface area contributed by atoms with E-state index in [-0.39, 0.29) is 0 Å². The summed E-state index contributed by atoms with van der Waals surface area (Å²) in [4.78, 5) is 16.9. The minimum absolute atomic E-state index is 0.705. The zero-order chi connectivity index (χ0) is 13.6. The Balaban J connectivity index is 1.75. The second kappa shape index (κ2) is 5.88. The lowest BCUT2D eigenvalue weighted by molar-refractivity contribution is 1.08. The third kappa shape index (κ3) is 2.95. The van der Waals surface area contributed by atoms with Crippen LogP contribution >= 0.6 is 0 Å². The monoisotopic (exact) mass is 263 g/mol. The average Bonchev–Trinajstić information content (AvgIpc) is 2.55. The minimum atomic E-state index is 0.705. The van der Waals surface area contributed by atoms with E-state index in [9.17, 15) is 0 Å². The fourth-order valence-corrected chi connectivity index (χ4v) is 1.79. The van der Waals surface area contributed by atoms with E-state index in [0.717, 1.165) is 5.82 Å². The number of hydrogen-bond donors (Lipinski definition) is 1. The van der Waals surface area contributed by atoms with Crippen LogP contribution in [0.3, 0.4) is 0 Å². The molecule has 1 aromatic carbocycles. The molecule has 3 rings (SSSR count). The van der Waals surface area contributed by atoms with Gasteiger partial charge in [0.05, 0.1) is 18.6 Å². The van der Waals surface area contributed by atoms with Crippen molar-refractivity contribution in [1.82, 2.24) is 19.9 Å². The lowest BCUT2D eigenvalue weighted by atomic mass is 10.2. The summed E-state index contributed by atoms with van der Waals surface area (Å²) >= 11 is 0. The second-order valence-corrected chi connectivity index (χ2v) is 4.22. The zero-order valence-electron chi connectivity index (χ0n) is 10.8. The normalized spacial score (nSPS) is 10.2. The van der Waals surface area contributed by atoms with Crippen LogP contribution in [0.1, 0.15) is 5.56 Å². The van der Waals surface area contributed by atoms with Gasteiger partial charge in [-0.15, -0.1) is 0 Å². The molecule has 98 valence electrons. The standard InChI is InChI=1S/C15H13N5/c1-2-4-12(5-3-1)8-19-15-11-17-10-14(20-15)13-9-16-6-7-18-13/h1-7,9-11H,8H2,(H,19,20). The summed E-state index contributed by atoms with van der Waals surface area (Å²) in [6.45, 7) is 0.708. The molecule has 20 heavy (non-hydrogen) atoms. The van der Waals surface area contributed by atoms with Crippen LogP contribution in [0.2, 0.25) is 0 Å². The van der Waals surface area contributed by atoms with Crippen LogP contribution in [0, 0.1) is 0 Å². The van der Waals surface area contributed by atoms with Gasteiger partial charge in [-0.25, -0.2) is 4.98 Å². The van der Waals surface area contributed by atoms with Gasteiger partial charge >= 0.3 is 0 Å². The summed E-state index contributed by atoms with van der Waals surface area (Å²) in [7, 11) is 0. The van der Waals surface area contributed by atoms with Gasteiger partial charge in [-0.05, 0) is 5.56 Å². The Hall–Kier alpha value is -2.82. The first-order valence-electron chi connectivity index (χ1n) is 6.28. The van der Waals surface area contributed by atoms with Crippen molar-refractivity contribution in [1.29, 1.82) is 0 Å². The molecule has 5 nitrogen and oxygen atoms in total. The van der Waals surface area contributed by atoms with Crippen LogP contribution < -0.4 is 5.32 Å². The Kier molecular flexibility index (Phi) is 3.59. The molecule has 0 spiro atoms. The first-order chi connectivity index (χ1) is 9.92. The highest BCUT2D eigenvalue weighted by Crippen LogP contribution is 2.14. The van der Waals surface area contributed by atoms with Crippen LogP contribution in [0.15, 0.2) is 61.3 Å². The lowest BCUT2D eigenvalue weighted by Crippen LogP contribution is -2.02. The van der Waals surface area contributed by atoms with Gasteiger partial charge in [0.25, 0.3) is 0 Å². The fourth-order valence-electron chi connectivity index (χ4n) is 1.79. The molecule has 0 unspecified atom stereocenters. The maximum Gasteiger partial charge on any atom is 0.145 e. The quantitative estimate of drug-likeness (QED) is 0.783. The van der Waals surface area contributed by atoms with E-state index >= 15 is 0 Å². The van der Waals surface area contributed by atoms with Gasteiger partial charge in [-0.3, -0.25) is 15.0 Å². The summed E-state index contributed by atoms with van der Waals surface area (Å²) in [5.41, 5.74) is 2.61. The van der Waals surface area contributed by atoms with Crippen LogP contribution in [-0.4, -0.2) is 19.9 Å². The molecule has 0 amide bonds. The van der Waals surface area contributed by atoms with E-state index in [1.165, 1.54) is 5.56 Å². The molecule has 0 aliphatic carbocycles. The predicted molar refractivity (Wildman–Crippen MR) is 76.8 cm³/mol. The summed E-state index contributed by atoms with van der Waals surface area (Å²) in [5.74, 6) is 0.719. The van der Waals surface area contributed by atoms with Gasteiger partial charge in [0.1, 0.15) is 17.2 Å². The summed E-state index contributed by atoms with van der Waals surface area (Å²) < 4.78 is 0. The van der Waals surface area contributed by atoms with E-state index in [1.807, 2.05) is 18.2 Å². The van der Waals surface area contributed by atoms with E-state index in [0.29, 0.717) is 17.9 Å². The van der Waals surface area contributed by atoms with Crippen molar-refractivity contribution >= 4 is 5.82 Å². The van der Waals surface area contributed by atoms with Crippen molar-refractivity contribution in [3.05, 3.63) is 66.9 Å². The summed E-state index contributed by atoms with van der Waals surface area (Å²) in [6.07, 6.45) is 8.32. The second-order valence-electron chi connectivity index (χ2n) is 4.22. The highest BCUT2D eigenvalue weighted by molar-refractivity contribution is 5.53. The number of anilines is 1. The molecule has 0 aliphatic rings. The maximum absolute atomic E-state index is 4.48. The molecular formula is C15H13N5. The minimum Gasteiger partial charge on any atom is -0.365 e. The van der Waals surface area contributed by atoms with Crippen molar-refractivity contribution < 1.29 is 0 Å². The Bertz CT molecular complexity index is 670. The Morgan fingerprint density at radius 2 is 1.70 bits per heavy atom. The van der Waals surface area contributed by atoms with Crippen molar-refractivity contribution in [3.8, 4) is 11.4 Å². The number of benzene rings is 1. The molecule has 2 heterocycles. The number of aromatic nitrogens is 4. The first-order valence-corrected chi connectivity index (χ1v) is 6.28. The van der Waals surface area contributed by atoms with Crippen molar-refractivity contribution in [2.24, 2.45) is 0 Å². The molecule has 0 saturated heterocycles. The summed E-state index contributed by atoms with van der Waals surface area (Å²) in [6, 6.07) is 10.1. The largest absolute Gasteiger partial charge is 0.365 e. The zero-order valence-corrected chi connectivity index (χ0v) is 10.8. The van der Waals surface area contributed by atoms with Gasteiger partial charge in [0, 0.05) is 18.9 Å². The Morgan fingerprint density at radius 3 is 2.50 bits per heavy atom. The predicted octanol–water partition coefficient (Wildman–Crippen LogP) is 2.55. The lowest BCUT2D eigenvalue weighted by Gasteiger charge is -2.06. The molecule has 0 atom stereocenters. The number of rotatable bonds is 4. The first kappa shape index (κ1) is 12.2. The Morgan fingerprint density at radius 1 is 0.850 bits per heavy atom.